The predicted molar refractivity (Wildman–Crippen MR) is 445 cm³/mol. The third-order valence-corrected chi connectivity index (χ3v) is 20.0. The van der Waals surface area contributed by atoms with Crippen molar-refractivity contribution in [1.82, 2.24) is 84.1 Å². The number of aromatic nitrogens is 3. The Morgan fingerprint density at radius 3 is 1.42 bits per heavy atom. The molecule has 15 amide bonds. The van der Waals surface area contributed by atoms with Crippen LogP contribution in [0.1, 0.15) is 177 Å². The monoisotopic (exact) mass is 1710 g/mol. The number of aliphatic carboxylic acids is 2. The van der Waals surface area contributed by atoms with Crippen LogP contribution < -0.4 is 104 Å². The molecule has 1 aromatic carbocycles. The number of carboxylic acid groups (broad SMARTS) is 2. The number of primary amides is 2. The largest absolute Gasteiger partial charge is 0.481 e. The molecule has 668 valence electrons. The van der Waals surface area contributed by atoms with E-state index in [2.05, 4.69) is 89.1 Å². The Morgan fingerprint density at radius 1 is 0.500 bits per heavy atom. The minimum Gasteiger partial charge on any atom is -0.481 e. The molecule has 0 aliphatic heterocycles. The molecule has 3 rings (SSSR count). The zero-order valence-electron chi connectivity index (χ0n) is 70.0. The van der Waals surface area contributed by atoms with E-state index in [1.807, 2.05) is 0 Å². The number of aromatic amines is 2. The second-order valence-corrected chi connectivity index (χ2v) is 31.9. The Balaban J connectivity index is 1.96. The molecule has 0 bridgehead atoms. The first-order valence-corrected chi connectivity index (χ1v) is 41.3. The van der Waals surface area contributed by atoms with Crippen LogP contribution in [0.3, 0.4) is 0 Å². The third kappa shape index (κ3) is 36.8. The number of thioether (sulfide) groups is 1. The van der Waals surface area contributed by atoms with Crippen LogP contribution >= 0.6 is 11.8 Å². The molecule has 0 unspecified atom stereocenters. The van der Waals surface area contributed by atoms with E-state index in [4.69, 9.17) is 34.4 Å². The average molecular weight is 1710 g/mol. The summed E-state index contributed by atoms with van der Waals surface area (Å²) < 4.78 is 0. The zero-order valence-corrected chi connectivity index (χ0v) is 70.8. The van der Waals surface area contributed by atoms with Gasteiger partial charge in [0.1, 0.15) is 78.5 Å². The fourth-order valence-electron chi connectivity index (χ4n) is 12.2. The predicted octanol–water partition coefficient (Wildman–Crippen LogP) is -3.69. The van der Waals surface area contributed by atoms with E-state index in [1.165, 1.54) is 52.0 Å². The first kappa shape index (κ1) is 103. The first-order valence-electron chi connectivity index (χ1n) is 39.9. The summed E-state index contributed by atoms with van der Waals surface area (Å²) in [5, 5.41) is 53.9. The van der Waals surface area contributed by atoms with Crippen LogP contribution in [0.2, 0.25) is 0 Å². The molecule has 14 atom stereocenters. The maximum absolute atomic E-state index is 14.8. The van der Waals surface area contributed by atoms with E-state index in [-0.39, 0.29) is 94.2 Å². The topological polar surface area (TPSA) is 700 Å². The summed E-state index contributed by atoms with van der Waals surface area (Å²) >= 11 is 1.27. The van der Waals surface area contributed by atoms with E-state index in [0.29, 0.717) is 18.4 Å². The lowest BCUT2D eigenvalue weighted by Crippen LogP contribution is -2.62. The van der Waals surface area contributed by atoms with Crippen molar-refractivity contribution in [1.29, 1.82) is 0 Å². The minimum absolute atomic E-state index is 0.0136. The van der Waals surface area contributed by atoms with Gasteiger partial charge >= 0.3 is 11.9 Å². The van der Waals surface area contributed by atoms with Crippen molar-refractivity contribution in [2.45, 2.75) is 262 Å². The van der Waals surface area contributed by atoms with E-state index in [9.17, 15) is 91.7 Å². The number of hydrogen-bond donors (Lipinski definition) is 23. The Morgan fingerprint density at radius 2 is 0.942 bits per heavy atom. The van der Waals surface area contributed by atoms with Gasteiger partial charge in [-0.05, 0) is 146 Å². The molecular weight excluding hydrogens is 1580 g/mol. The molecule has 0 spiro atoms. The summed E-state index contributed by atoms with van der Waals surface area (Å²) in [4.78, 5) is 248. The highest BCUT2D eigenvalue weighted by Crippen LogP contribution is 2.21. The number of carbonyl (C=O) groups is 17. The summed E-state index contributed by atoms with van der Waals surface area (Å²) in [6, 6.07) is -12.2. The second-order valence-electron chi connectivity index (χ2n) is 30.9. The molecule has 0 aliphatic carbocycles. The molecule has 3 aromatic rings. The fraction of sp³-hybridized carbons (Fsp3) is 0.623. The summed E-state index contributed by atoms with van der Waals surface area (Å²) in [7, 11) is 0. The Labute approximate surface area is 700 Å². The number of hydrogen-bond acceptors (Lipinski definition) is 22. The number of rotatable bonds is 57. The summed E-state index contributed by atoms with van der Waals surface area (Å²) in [6.45, 7) is 15.7. The molecule has 43 heteroatoms. The lowest BCUT2D eigenvalue weighted by atomic mass is 9.96. The van der Waals surface area contributed by atoms with Gasteiger partial charge in [0.2, 0.25) is 88.6 Å². The van der Waals surface area contributed by atoms with Crippen LogP contribution in [0.15, 0.2) is 48.0 Å². The van der Waals surface area contributed by atoms with Crippen LogP contribution in [0.4, 0.5) is 0 Å². The number of carbonyl (C=O) groups excluding carboxylic acids is 15. The van der Waals surface area contributed by atoms with Gasteiger partial charge in [-0.15, -0.1) is 0 Å². The summed E-state index contributed by atoms with van der Waals surface area (Å²) in [5.41, 5.74) is 34.1. The van der Waals surface area contributed by atoms with Crippen molar-refractivity contribution in [2.24, 2.45) is 57.1 Å². The van der Waals surface area contributed by atoms with E-state index in [1.54, 1.807) is 78.3 Å². The number of carboxylic acids is 2. The number of unbranched alkanes of at least 4 members (excludes halogenated alkanes) is 2. The van der Waals surface area contributed by atoms with E-state index >= 15 is 0 Å². The average Bonchev–Trinajstić information content (AvgIpc) is 1.68. The Kier molecular flexibility index (Phi) is 44.3. The van der Waals surface area contributed by atoms with Crippen LogP contribution in [0, 0.1) is 17.8 Å². The minimum atomic E-state index is -1.69. The van der Waals surface area contributed by atoms with E-state index in [0.717, 1.165) is 10.9 Å². The number of imidazole rings is 1. The van der Waals surface area contributed by atoms with Crippen molar-refractivity contribution in [2.75, 3.05) is 25.1 Å². The van der Waals surface area contributed by atoms with Gasteiger partial charge in [-0.2, -0.15) is 11.8 Å². The number of nitrogens with zero attached hydrogens (tertiary/aromatic N) is 2. The Hall–Kier alpha value is -11.5. The van der Waals surface area contributed by atoms with Gasteiger partial charge in [-0.25, -0.2) is 9.78 Å². The molecule has 0 aliphatic rings. The fourth-order valence-corrected chi connectivity index (χ4v) is 12.6. The molecule has 2 heterocycles. The third-order valence-electron chi connectivity index (χ3n) is 19.3. The number of fused-ring (bicyclic) bond motifs is 1. The van der Waals surface area contributed by atoms with Crippen molar-refractivity contribution >= 4 is 129 Å². The van der Waals surface area contributed by atoms with E-state index < -0.39 is 235 Å². The molecule has 120 heavy (non-hydrogen) atoms. The number of guanidine groups is 1. The SMILES string of the molecule is CC[C@H](C)[C@H](NC(=O)[C@H](CCC(=O)O)NC(=O)[C@H](C)NC(=O)[C@@H](NC(=O)C(C)(C)N)C(C)C)C(=O)N[C@@H](CCC(N)=O)C(=O)N[C@@H](CC(C)C)C(=O)N[C@@H](CCSC)C(=O)N[C@@H](Cc1cnc[nH]1)C(=O)N[C@@H](CCC(N)=O)C(=O)N[C@@H](CCCCN=C(N)N)C(=O)N[C@@H](C)C(=O)N[C@@H](CCCCN)C(=O)N[C@@H](Cc1c[nH]c2ccccc12)C(=O)O. The number of benzene rings is 1. The van der Waals surface area contributed by atoms with Crippen molar-refractivity contribution in [3.8, 4) is 0 Å². The molecular formula is C77H125N23O19S. The standard InChI is InChI=1S/C77H125N23O19S/c1-12-41(6)61(99-69(112)52(25-28-59(103)104)91-63(106)43(8)89-72(115)60(40(4)5)100-75(119)77(9,10)83)73(116)95-51(24-27-58(80)102)67(110)96-54(33-39(2)3)70(113)94-53(29-32-120-11)68(111)97-55(35-45-37-84-38-87-45)71(114)93-50(23-26-57(79)101)66(109)92-48(22-16-18-31-85-76(81)82)64(107)88-42(7)62(105)90-49(21-15-17-30-78)65(108)98-56(74(117)118)34-44-36-86-47-20-14-13-19-46(44)47/h13-14,19-20,36-43,48-56,60-61,86H,12,15-18,21-35,78,83H2,1-11H3,(H2,79,101)(H2,80,102)(H,84,87)(H,88,107)(H,89,115)(H,90,105)(H,91,106)(H,92,109)(H,93,114)(H,94,113)(H,95,116)(H,96,110)(H,97,111)(H,98,108)(H,99,112)(H,100,119)(H,103,104)(H,117,118)(H4,81,82,85)/t41-,42-,43-,48-,49-,50-,51-,52-,53-,54-,55-,56-,60-,61-/m0/s1. The zero-order chi connectivity index (χ0) is 90.3. The van der Waals surface area contributed by atoms with Crippen LogP contribution in [0.5, 0.6) is 0 Å². The van der Waals surface area contributed by atoms with Crippen molar-refractivity contribution in [3.05, 3.63) is 54.2 Å². The van der Waals surface area contributed by atoms with Gasteiger partial charge in [0, 0.05) is 67.6 Å². The first-order chi connectivity index (χ1) is 56.4. The second kappa shape index (κ2) is 51.7. The van der Waals surface area contributed by atoms with Gasteiger partial charge in [0.15, 0.2) is 5.96 Å². The molecule has 0 saturated heterocycles. The van der Waals surface area contributed by atoms with Crippen LogP contribution in [-0.4, -0.2) is 241 Å². The highest BCUT2D eigenvalue weighted by atomic mass is 32.2. The molecule has 0 fully saturated rings. The van der Waals surface area contributed by atoms with Crippen LogP contribution in [0.25, 0.3) is 10.9 Å². The lowest BCUT2D eigenvalue weighted by molar-refractivity contribution is -0.142. The number of nitrogens with two attached hydrogens (primary N) is 6. The number of aliphatic imine (C=N–C) groups is 1. The van der Waals surface area contributed by atoms with Crippen molar-refractivity contribution in [3.63, 3.8) is 0 Å². The maximum Gasteiger partial charge on any atom is 0.326 e. The summed E-state index contributed by atoms with van der Waals surface area (Å²) in [6.07, 6.45) is 3.38. The Bertz CT molecular complexity index is 4000. The van der Waals surface area contributed by atoms with Gasteiger partial charge in [-0.3, -0.25) is 81.7 Å². The summed E-state index contributed by atoms with van der Waals surface area (Å²) in [5.74, 6) is -18.3. The number of H-pyrrole nitrogens is 2. The highest BCUT2D eigenvalue weighted by Gasteiger charge is 2.39. The maximum atomic E-state index is 14.8. The molecule has 0 radical (unpaired) electrons. The molecule has 2 aromatic heterocycles. The quantitative estimate of drug-likeness (QED) is 0.0147. The molecule has 42 nitrogen and oxygen atoms in total. The van der Waals surface area contributed by atoms with Crippen LogP contribution in [-0.2, 0) is 94.3 Å². The number of amides is 15. The van der Waals surface area contributed by atoms with Gasteiger partial charge in [0.25, 0.3) is 0 Å². The van der Waals surface area contributed by atoms with Gasteiger partial charge < -0.3 is 124 Å². The highest BCUT2D eigenvalue weighted by molar-refractivity contribution is 7.98. The smallest absolute Gasteiger partial charge is 0.326 e. The number of para-hydroxylation sites is 1. The lowest BCUT2D eigenvalue weighted by Gasteiger charge is -2.30. The number of nitrogens with one attached hydrogen (secondary N) is 15. The molecule has 29 N–H and O–H groups in total. The van der Waals surface area contributed by atoms with Crippen molar-refractivity contribution < 1.29 is 91.7 Å². The molecule has 0 saturated carbocycles. The van der Waals surface area contributed by atoms with Gasteiger partial charge in [-0.1, -0.05) is 66.2 Å². The normalized spacial score (nSPS) is 14.9. The van der Waals surface area contributed by atoms with Gasteiger partial charge in [0.05, 0.1) is 11.9 Å².